The molecule has 110 valence electrons. The molecule has 2 nitrogen and oxygen atoms in total. The van der Waals surface area contributed by atoms with Crippen LogP contribution in [0.25, 0.3) is 0 Å². The Kier molecular flexibility index (Phi) is 5.81. The standard InChI is InChI=1S/C18H28N2/c1-4-12-20(5-2)14-16-6-8-17(9-7-16)15(3)13-19-18-10-11-18/h4,6-9,15,18-19H,1,5,10-14H2,2-3H3. The summed E-state index contributed by atoms with van der Waals surface area (Å²) < 4.78 is 0. The van der Waals surface area contributed by atoms with Gasteiger partial charge in [0.1, 0.15) is 0 Å². The summed E-state index contributed by atoms with van der Waals surface area (Å²) in [6.45, 7) is 12.5. The van der Waals surface area contributed by atoms with Crippen molar-refractivity contribution < 1.29 is 0 Å². The number of nitrogens with zero attached hydrogens (tertiary/aromatic N) is 1. The molecule has 1 unspecified atom stereocenters. The van der Waals surface area contributed by atoms with E-state index in [0.29, 0.717) is 5.92 Å². The first-order valence-electron chi connectivity index (χ1n) is 7.88. The van der Waals surface area contributed by atoms with E-state index in [1.54, 1.807) is 0 Å². The summed E-state index contributed by atoms with van der Waals surface area (Å²) in [4.78, 5) is 2.39. The van der Waals surface area contributed by atoms with Crippen LogP contribution in [0.3, 0.4) is 0 Å². The smallest absolute Gasteiger partial charge is 0.0236 e. The van der Waals surface area contributed by atoms with Crippen molar-refractivity contribution in [1.82, 2.24) is 10.2 Å². The van der Waals surface area contributed by atoms with Crippen LogP contribution in [-0.2, 0) is 6.54 Å². The normalized spacial score (nSPS) is 16.4. The van der Waals surface area contributed by atoms with Crippen LogP contribution in [0.4, 0.5) is 0 Å². The molecule has 2 heteroatoms. The van der Waals surface area contributed by atoms with E-state index >= 15 is 0 Å². The molecular weight excluding hydrogens is 244 g/mol. The lowest BCUT2D eigenvalue weighted by Gasteiger charge is -2.19. The van der Waals surface area contributed by atoms with Gasteiger partial charge in [-0.3, -0.25) is 4.90 Å². The van der Waals surface area contributed by atoms with Gasteiger partial charge < -0.3 is 5.32 Å². The Morgan fingerprint density at radius 1 is 1.35 bits per heavy atom. The molecule has 0 aromatic heterocycles. The zero-order valence-electron chi connectivity index (χ0n) is 12.9. The second-order valence-corrected chi connectivity index (χ2v) is 5.94. The summed E-state index contributed by atoms with van der Waals surface area (Å²) in [5.41, 5.74) is 2.83. The van der Waals surface area contributed by atoms with Crippen molar-refractivity contribution in [3.8, 4) is 0 Å². The molecule has 0 spiro atoms. The van der Waals surface area contributed by atoms with E-state index in [-0.39, 0.29) is 0 Å². The van der Waals surface area contributed by atoms with Gasteiger partial charge in [0, 0.05) is 25.7 Å². The first-order valence-corrected chi connectivity index (χ1v) is 7.88. The van der Waals surface area contributed by atoms with E-state index in [2.05, 4.69) is 54.9 Å². The molecule has 1 aliphatic carbocycles. The van der Waals surface area contributed by atoms with Gasteiger partial charge in [-0.25, -0.2) is 0 Å². The van der Waals surface area contributed by atoms with Gasteiger partial charge in [0.2, 0.25) is 0 Å². The summed E-state index contributed by atoms with van der Waals surface area (Å²) in [6.07, 6.45) is 4.70. The van der Waals surface area contributed by atoms with Gasteiger partial charge in [-0.1, -0.05) is 44.2 Å². The van der Waals surface area contributed by atoms with Crippen LogP contribution in [0.2, 0.25) is 0 Å². The Morgan fingerprint density at radius 2 is 2.05 bits per heavy atom. The average Bonchev–Trinajstić information content (AvgIpc) is 3.29. The first kappa shape index (κ1) is 15.3. The zero-order chi connectivity index (χ0) is 14.4. The van der Waals surface area contributed by atoms with Gasteiger partial charge in [0.25, 0.3) is 0 Å². The molecule has 1 N–H and O–H groups in total. The Labute approximate surface area is 123 Å². The van der Waals surface area contributed by atoms with Crippen molar-refractivity contribution in [2.24, 2.45) is 0 Å². The van der Waals surface area contributed by atoms with Crippen molar-refractivity contribution >= 4 is 0 Å². The number of hydrogen-bond donors (Lipinski definition) is 1. The second kappa shape index (κ2) is 7.61. The fourth-order valence-electron chi connectivity index (χ4n) is 2.45. The average molecular weight is 272 g/mol. The molecule has 0 amide bonds. The molecule has 0 radical (unpaired) electrons. The molecule has 0 bridgehead atoms. The third-order valence-electron chi connectivity index (χ3n) is 4.08. The summed E-state index contributed by atoms with van der Waals surface area (Å²) in [6, 6.07) is 9.92. The molecule has 1 aromatic rings. The van der Waals surface area contributed by atoms with Gasteiger partial charge in [-0.2, -0.15) is 0 Å². The van der Waals surface area contributed by atoms with Crippen molar-refractivity contribution in [3.05, 3.63) is 48.0 Å². The largest absolute Gasteiger partial charge is 0.313 e. The maximum absolute atomic E-state index is 3.82. The number of likely N-dealkylation sites (N-methyl/N-ethyl adjacent to an activating group) is 1. The summed E-state index contributed by atoms with van der Waals surface area (Å²) >= 11 is 0. The highest BCUT2D eigenvalue weighted by Gasteiger charge is 2.21. The minimum absolute atomic E-state index is 0.597. The van der Waals surface area contributed by atoms with Crippen LogP contribution in [0.5, 0.6) is 0 Å². The molecule has 1 saturated carbocycles. The van der Waals surface area contributed by atoms with E-state index in [0.717, 1.165) is 32.2 Å². The predicted molar refractivity (Wildman–Crippen MR) is 87.0 cm³/mol. The van der Waals surface area contributed by atoms with Crippen molar-refractivity contribution in [3.63, 3.8) is 0 Å². The Balaban J connectivity index is 1.85. The van der Waals surface area contributed by atoms with Crippen LogP contribution in [0, 0.1) is 0 Å². The monoisotopic (exact) mass is 272 g/mol. The lowest BCUT2D eigenvalue weighted by Crippen LogP contribution is -2.23. The number of rotatable bonds is 9. The van der Waals surface area contributed by atoms with Crippen molar-refractivity contribution in [1.29, 1.82) is 0 Å². The number of nitrogens with one attached hydrogen (secondary N) is 1. The maximum Gasteiger partial charge on any atom is 0.0236 e. The Bertz CT molecular complexity index is 406. The lowest BCUT2D eigenvalue weighted by atomic mass is 9.99. The van der Waals surface area contributed by atoms with Gasteiger partial charge >= 0.3 is 0 Å². The van der Waals surface area contributed by atoms with E-state index in [1.807, 2.05) is 6.08 Å². The minimum Gasteiger partial charge on any atom is -0.313 e. The highest BCUT2D eigenvalue weighted by atomic mass is 15.1. The summed E-state index contributed by atoms with van der Waals surface area (Å²) in [5.74, 6) is 0.597. The number of hydrogen-bond acceptors (Lipinski definition) is 2. The third-order valence-corrected chi connectivity index (χ3v) is 4.08. The quantitative estimate of drug-likeness (QED) is 0.692. The lowest BCUT2D eigenvalue weighted by molar-refractivity contribution is 0.311. The number of benzene rings is 1. The molecular formula is C18H28N2. The molecule has 1 aliphatic rings. The predicted octanol–water partition coefficient (Wildman–Crippen LogP) is 3.55. The molecule has 1 atom stereocenters. The molecule has 1 fully saturated rings. The highest BCUT2D eigenvalue weighted by molar-refractivity contribution is 5.25. The highest BCUT2D eigenvalue weighted by Crippen LogP contribution is 2.21. The van der Waals surface area contributed by atoms with Gasteiger partial charge in [0.15, 0.2) is 0 Å². The SMILES string of the molecule is C=CCN(CC)Cc1ccc(C(C)CNC2CC2)cc1. The fraction of sp³-hybridized carbons (Fsp3) is 0.556. The van der Waals surface area contributed by atoms with Gasteiger partial charge in [-0.15, -0.1) is 6.58 Å². The second-order valence-electron chi connectivity index (χ2n) is 5.94. The summed E-state index contributed by atoms with van der Waals surface area (Å²) in [5, 5.41) is 3.61. The maximum atomic E-state index is 3.82. The van der Waals surface area contributed by atoms with Gasteiger partial charge in [0.05, 0.1) is 0 Å². The molecule has 0 saturated heterocycles. The fourth-order valence-corrected chi connectivity index (χ4v) is 2.45. The molecule has 1 aromatic carbocycles. The van der Waals surface area contributed by atoms with Crippen molar-refractivity contribution in [2.45, 2.75) is 45.2 Å². The third kappa shape index (κ3) is 4.77. The summed E-state index contributed by atoms with van der Waals surface area (Å²) in [7, 11) is 0. The van der Waals surface area contributed by atoms with Crippen LogP contribution >= 0.6 is 0 Å². The van der Waals surface area contributed by atoms with E-state index in [9.17, 15) is 0 Å². The van der Waals surface area contributed by atoms with Crippen LogP contribution < -0.4 is 5.32 Å². The van der Waals surface area contributed by atoms with Gasteiger partial charge in [-0.05, 0) is 36.4 Å². The molecule has 0 heterocycles. The van der Waals surface area contributed by atoms with E-state index in [1.165, 1.54) is 24.0 Å². The first-order chi connectivity index (χ1) is 9.72. The van der Waals surface area contributed by atoms with E-state index < -0.39 is 0 Å². The van der Waals surface area contributed by atoms with Crippen LogP contribution in [-0.4, -0.2) is 30.6 Å². The van der Waals surface area contributed by atoms with Crippen molar-refractivity contribution in [2.75, 3.05) is 19.6 Å². The minimum atomic E-state index is 0.597. The Hall–Kier alpha value is -1.12. The zero-order valence-corrected chi connectivity index (χ0v) is 12.9. The molecule has 2 rings (SSSR count). The van der Waals surface area contributed by atoms with Crippen LogP contribution in [0.15, 0.2) is 36.9 Å². The topological polar surface area (TPSA) is 15.3 Å². The van der Waals surface area contributed by atoms with Crippen LogP contribution in [0.1, 0.15) is 43.7 Å². The molecule has 20 heavy (non-hydrogen) atoms. The Morgan fingerprint density at radius 3 is 2.60 bits per heavy atom. The van der Waals surface area contributed by atoms with E-state index in [4.69, 9.17) is 0 Å². The molecule has 0 aliphatic heterocycles.